The van der Waals surface area contributed by atoms with E-state index in [-0.39, 0.29) is 0 Å². The zero-order chi connectivity index (χ0) is 19.7. The summed E-state index contributed by atoms with van der Waals surface area (Å²) in [6.07, 6.45) is -2.97. The quantitative estimate of drug-likeness (QED) is 0.111. The Morgan fingerprint density at radius 2 is 1.80 bits per heavy atom. The van der Waals surface area contributed by atoms with Crippen molar-refractivity contribution in [3.63, 3.8) is 0 Å². The number of aliphatic hydroxyl groups excluding tert-OH is 1. The van der Waals surface area contributed by atoms with Crippen LogP contribution in [0.15, 0.2) is 5.11 Å². The number of azide groups is 1. The maximum absolute atomic E-state index is 11.5. The van der Waals surface area contributed by atoms with Crippen LogP contribution in [0.3, 0.4) is 0 Å². The van der Waals surface area contributed by atoms with Gasteiger partial charge in [0.05, 0.1) is 18.2 Å². The van der Waals surface area contributed by atoms with Crippen molar-refractivity contribution in [1.82, 2.24) is 0 Å². The maximum atomic E-state index is 11.5. The van der Waals surface area contributed by atoms with Crippen LogP contribution in [0.1, 0.15) is 6.92 Å². The number of hydrogen-bond acceptors (Lipinski definition) is 9. The third-order valence-corrected chi connectivity index (χ3v) is 6.73. The molecule has 142 valence electrons. The molecule has 1 aliphatic rings. The van der Waals surface area contributed by atoms with Crippen molar-refractivity contribution in [2.75, 3.05) is 6.61 Å². The van der Waals surface area contributed by atoms with Gasteiger partial charge in [0.15, 0.2) is 0 Å². The van der Waals surface area contributed by atoms with Gasteiger partial charge in [-0.05, 0) is 12.5 Å². The van der Waals surface area contributed by atoms with E-state index < -0.39 is 53.8 Å². The van der Waals surface area contributed by atoms with Gasteiger partial charge in [-0.25, -0.2) is 13.7 Å². The summed E-state index contributed by atoms with van der Waals surface area (Å²) in [5.74, 6) is 0. The summed E-state index contributed by atoms with van der Waals surface area (Å²) in [5.41, 5.74) is 6.83. The van der Waals surface area contributed by atoms with E-state index in [1.165, 1.54) is 6.92 Å². The van der Waals surface area contributed by atoms with Gasteiger partial charge in [0.2, 0.25) is 0 Å². The van der Waals surface area contributed by atoms with Crippen LogP contribution in [0.2, 0.25) is 0 Å². The van der Waals surface area contributed by atoms with Gasteiger partial charge in [-0.1, -0.05) is 5.11 Å². The van der Waals surface area contributed by atoms with Crippen molar-refractivity contribution in [3.8, 4) is 0 Å². The summed E-state index contributed by atoms with van der Waals surface area (Å²) < 4.78 is 49.5. The first-order chi connectivity index (χ1) is 11.1. The lowest BCUT2D eigenvalue weighted by molar-refractivity contribution is -0.00543. The molecule has 0 aromatic heterocycles. The van der Waals surface area contributed by atoms with E-state index in [1.54, 1.807) is 0 Å². The predicted octanol–water partition coefficient (Wildman–Crippen LogP) is -0.347. The van der Waals surface area contributed by atoms with Gasteiger partial charge in [-0.15, -0.1) is 0 Å². The average molecular weight is 423 g/mol. The minimum absolute atomic E-state index is 0.922. The van der Waals surface area contributed by atoms with E-state index in [2.05, 4.69) is 23.2 Å². The number of phosphoric acid groups is 3. The van der Waals surface area contributed by atoms with Crippen molar-refractivity contribution in [1.29, 1.82) is 0 Å². The van der Waals surface area contributed by atoms with Gasteiger partial charge < -0.3 is 29.4 Å². The van der Waals surface area contributed by atoms with Crippen molar-refractivity contribution in [3.05, 3.63) is 10.4 Å². The molecule has 6 unspecified atom stereocenters. The third-order valence-electron chi connectivity index (χ3n) is 2.93. The van der Waals surface area contributed by atoms with Crippen LogP contribution in [0.5, 0.6) is 0 Å². The lowest BCUT2D eigenvalue weighted by Gasteiger charge is -2.25. The summed E-state index contributed by atoms with van der Waals surface area (Å²) in [6, 6.07) is -1.30. The van der Waals surface area contributed by atoms with E-state index in [9.17, 15) is 23.7 Å². The number of aliphatic hydroxyl groups is 1. The largest absolute Gasteiger partial charge is 0.490 e. The molecule has 15 nitrogen and oxygen atoms in total. The molecular formula is C6H13BN3O12P3. The smallest absolute Gasteiger partial charge is 0.390 e. The number of ether oxygens (including phenoxy) is 1. The van der Waals surface area contributed by atoms with Gasteiger partial charge >= 0.3 is 23.5 Å². The lowest BCUT2D eigenvalue weighted by Crippen LogP contribution is -2.44. The molecular weight excluding hydrogens is 410 g/mol. The summed E-state index contributed by atoms with van der Waals surface area (Å²) in [4.78, 5) is 37.5. The Morgan fingerprint density at radius 3 is 2.28 bits per heavy atom. The van der Waals surface area contributed by atoms with Crippen LogP contribution < -0.4 is 0 Å². The second-order valence-electron chi connectivity index (χ2n) is 4.84. The fraction of sp³-hybridized carbons (Fsp3) is 1.00. The molecule has 1 rings (SSSR count). The monoisotopic (exact) mass is 423 g/mol. The number of phosphoric ester groups is 1. The second kappa shape index (κ2) is 7.75. The minimum atomic E-state index is -5.66. The molecule has 1 aliphatic heterocycles. The molecule has 0 saturated carbocycles. The Kier molecular flexibility index (Phi) is 7.05. The maximum Gasteiger partial charge on any atom is 0.490 e. The Hall–Kier alpha value is -0.295. The molecule has 2 radical (unpaired) electrons. The molecule has 25 heavy (non-hydrogen) atoms. The normalized spacial score (nSPS) is 34.7. The highest BCUT2D eigenvalue weighted by Crippen LogP contribution is 2.66. The van der Waals surface area contributed by atoms with E-state index >= 15 is 0 Å². The van der Waals surface area contributed by atoms with Gasteiger partial charge in [0.25, 0.3) is 0 Å². The Labute approximate surface area is 141 Å². The summed E-state index contributed by atoms with van der Waals surface area (Å²) in [6.45, 7) is 0.321. The van der Waals surface area contributed by atoms with E-state index in [0.29, 0.717) is 0 Å². The summed E-state index contributed by atoms with van der Waals surface area (Å²) in [5, 5.41) is 13.3. The van der Waals surface area contributed by atoms with Crippen LogP contribution in [0.4, 0.5) is 0 Å². The molecule has 6 atom stereocenters. The fourth-order valence-electron chi connectivity index (χ4n) is 1.76. The summed E-state index contributed by atoms with van der Waals surface area (Å²) >= 11 is 0. The van der Waals surface area contributed by atoms with Crippen LogP contribution in [-0.4, -0.2) is 62.9 Å². The highest BCUT2D eigenvalue weighted by Gasteiger charge is 2.51. The van der Waals surface area contributed by atoms with Crippen molar-refractivity contribution < 1.29 is 56.3 Å². The standard InChI is InChI=1S/C6H13BN3O12P3/c1-6(9-10-8)4(11)3(20-5(6)7)2-19-24(15,16)22-25(17,18)21-23(12,13)14/h3-5,11H,2H2,1H3,(H,15,16)(H,17,18)(H2,12,13,14). The molecule has 1 saturated heterocycles. The topological polar surface area (TPSA) is 238 Å². The fourth-order valence-corrected chi connectivity index (χ4v) is 4.79. The molecule has 1 heterocycles. The zero-order valence-corrected chi connectivity index (χ0v) is 15.0. The second-order valence-corrected chi connectivity index (χ2v) is 9.26. The first-order valence-electron chi connectivity index (χ1n) is 6.05. The van der Waals surface area contributed by atoms with Crippen molar-refractivity contribution in [2.45, 2.75) is 30.7 Å². The van der Waals surface area contributed by atoms with Gasteiger partial charge in [0.1, 0.15) is 14.0 Å². The molecule has 0 aromatic rings. The molecule has 0 amide bonds. The Morgan fingerprint density at radius 1 is 1.24 bits per heavy atom. The third kappa shape index (κ3) is 6.42. The summed E-state index contributed by atoms with van der Waals surface area (Å²) in [7, 11) is -11.0. The Bertz CT molecular complexity index is 694. The highest BCUT2D eigenvalue weighted by molar-refractivity contribution is 7.66. The van der Waals surface area contributed by atoms with E-state index in [1.807, 2.05) is 0 Å². The SMILES string of the molecule is [B]C1OC(COP(=O)(O)OP(=O)(O)OP(=O)(O)O)C(O)C1(C)N=[N+]=[N-]. The highest BCUT2D eigenvalue weighted by atomic mass is 31.3. The van der Waals surface area contributed by atoms with Crippen LogP contribution >= 0.6 is 23.5 Å². The van der Waals surface area contributed by atoms with Crippen molar-refractivity contribution in [2.24, 2.45) is 5.11 Å². The average Bonchev–Trinajstić information content (AvgIpc) is 2.57. The Balaban J connectivity index is 2.74. The van der Waals surface area contributed by atoms with Crippen LogP contribution in [-0.2, 0) is 31.6 Å². The number of rotatable bonds is 8. The predicted molar refractivity (Wildman–Crippen MR) is 77.8 cm³/mol. The number of hydrogen-bond donors (Lipinski definition) is 5. The van der Waals surface area contributed by atoms with Crippen LogP contribution in [0, 0.1) is 0 Å². The van der Waals surface area contributed by atoms with E-state index in [0.717, 1.165) is 0 Å². The molecule has 0 aromatic carbocycles. The van der Waals surface area contributed by atoms with Gasteiger partial charge in [-0.2, -0.15) is 8.62 Å². The molecule has 0 spiro atoms. The molecule has 0 bridgehead atoms. The lowest BCUT2D eigenvalue weighted by atomic mass is 9.79. The minimum Gasteiger partial charge on any atom is -0.390 e. The first-order valence-corrected chi connectivity index (χ1v) is 10.6. The molecule has 5 N–H and O–H groups in total. The first kappa shape index (κ1) is 22.7. The van der Waals surface area contributed by atoms with E-state index in [4.69, 9.17) is 32.8 Å². The molecule has 19 heteroatoms. The molecule has 1 fully saturated rings. The number of nitrogens with zero attached hydrogens (tertiary/aromatic N) is 3. The zero-order valence-electron chi connectivity index (χ0n) is 12.3. The van der Waals surface area contributed by atoms with Crippen molar-refractivity contribution >= 4 is 31.3 Å². The van der Waals surface area contributed by atoms with Gasteiger partial charge in [0, 0.05) is 10.9 Å². The molecule has 0 aliphatic carbocycles. The van der Waals surface area contributed by atoms with Gasteiger partial charge in [-0.3, -0.25) is 4.52 Å². The van der Waals surface area contributed by atoms with Crippen LogP contribution in [0.25, 0.3) is 10.4 Å².